The zero-order chi connectivity index (χ0) is 13.1. The number of carboxylic acids is 1. The molecule has 0 spiro atoms. The summed E-state index contributed by atoms with van der Waals surface area (Å²) in [7, 11) is 0. The van der Waals surface area contributed by atoms with Gasteiger partial charge < -0.3 is 9.84 Å². The standard InChI is InChI=1S/C12H16BrNO3S/c1-2-14(4-8-3-11(13)18-7-8)10-6-17-5-9(10)12(15)16/h3,7,9-10H,2,4-6H2,1H3,(H,15,16). The van der Waals surface area contributed by atoms with E-state index in [1.807, 2.05) is 0 Å². The van der Waals surface area contributed by atoms with Crippen LogP contribution in [0.1, 0.15) is 12.5 Å². The average molecular weight is 334 g/mol. The summed E-state index contributed by atoms with van der Waals surface area (Å²) in [4.78, 5) is 13.4. The molecule has 100 valence electrons. The number of likely N-dealkylation sites (N-methyl/N-ethyl adjacent to an activating group) is 1. The smallest absolute Gasteiger partial charge is 0.310 e. The maximum atomic E-state index is 11.2. The van der Waals surface area contributed by atoms with Gasteiger partial charge in [0.2, 0.25) is 0 Å². The fraction of sp³-hybridized carbons (Fsp3) is 0.583. The van der Waals surface area contributed by atoms with Crippen LogP contribution in [0.4, 0.5) is 0 Å². The summed E-state index contributed by atoms with van der Waals surface area (Å²) in [6.45, 7) is 4.49. The van der Waals surface area contributed by atoms with Gasteiger partial charge in [-0.05, 0) is 39.5 Å². The van der Waals surface area contributed by atoms with Crippen molar-refractivity contribution in [1.82, 2.24) is 4.90 Å². The van der Waals surface area contributed by atoms with E-state index in [0.29, 0.717) is 13.2 Å². The second-order valence-electron chi connectivity index (χ2n) is 4.37. The van der Waals surface area contributed by atoms with Gasteiger partial charge in [-0.2, -0.15) is 0 Å². The molecule has 6 heteroatoms. The summed E-state index contributed by atoms with van der Waals surface area (Å²) in [6, 6.07) is 2.06. The highest BCUT2D eigenvalue weighted by Crippen LogP contribution is 2.25. The van der Waals surface area contributed by atoms with Gasteiger partial charge in [0.05, 0.1) is 22.9 Å². The molecule has 2 unspecified atom stereocenters. The molecule has 1 saturated heterocycles. The monoisotopic (exact) mass is 333 g/mol. The quantitative estimate of drug-likeness (QED) is 0.899. The molecule has 18 heavy (non-hydrogen) atoms. The number of hydrogen-bond acceptors (Lipinski definition) is 4. The lowest BCUT2D eigenvalue weighted by Crippen LogP contribution is -2.42. The second-order valence-corrected chi connectivity index (χ2v) is 6.66. The molecule has 0 bridgehead atoms. The Bertz CT molecular complexity index is 423. The minimum absolute atomic E-state index is 0.0221. The third-order valence-corrected chi connectivity index (χ3v) is 4.80. The molecule has 2 atom stereocenters. The van der Waals surface area contributed by atoms with Gasteiger partial charge in [0, 0.05) is 12.6 Å². The van der Waals surface area contributed by atoms with Gasteiger partial charge >= 0.3 is 5.97 Å². The van der Waals surface area contributed by atoms with Crippen molar-refractivity contribution in [2.24, 2.45) is 5.92 Å². The highest BCUT2D eigenvalue weighted by molar-refractivity contribution is 9.11. The maximum absolute atomic E-state index is 11.2. The second kappa shape index (κ2) is 6.14. The van der Waals surface area contributed by atoms with Gasteiger partial charge in [0.15, 0.2) is 0 Å². The van der Waals surface area contributed by atoms with Crippen molar-refractivity contribution in [1.29, 1.82) is 0 Å². The molecule has 2 rings (SSSR count). The summed E-state index contributed by atoms with van der Waals surface area (Å²) in [5.74, 6) is -1.17. The molecule has 1 fully saturated rings. The summed E-state index contributed by atoms with van der Waals surface area (Å²) < 4.78 is 6.43. The molecule has 0 amide bonds. The Balaban J connectivity index is 2.06. The van der Waals surface area contributed by atoms with E-state index in [-0.39, 0.29) is 6.04 Å². The van der Waals surface area contributed by atoms with Crippen LogP contribution in [-0.2, 0) is 16.1 Å². The number of nitrogens with zero attached hydrogens (tertiary/aromatic N) is 1. The van der Waals surface area contributed by atoms with E-state index in [1.54, 1.807) is 11.3 Å². The van der Waals surface area contributed by atoms with E-state index in [9.17, 15) is 9.90 Å². The Labute approximate surface area is 119 Å². The summed E-state index contributed by atoms with van der Waals surface area (Å²) in [5.41, 5.74) is 1.21. The van der Waals surface area contributed by atoms with Crippen molar-refractivity contribution < 1.29 is 14.6 Å². The Hall–Kier alpha value is -0.430. The first-order valence-electron chi connectivity index (χ1n) is 5.89. The Morgan fingerprint density at radius 2 is 2.44 bits per heavy atom. The molecule has 0 saturated carbocycles. The number of halogens is 1. The fourth-order valence-corrected chi connectivity index (χ4v) is 3.47. The van der Waals surface area contributed by atoms with E-state index in [0.717, 1.165) is 16.9 Å². The Kier molecular flexibility index (Phi) is 4.77. The van der Waals surface area contributed by atoms with Gasteiger partial charge in [-0.25, -0.2) is 0 Å². The van der Waals surface area contributed by atoms with Crippen LogP contribution in [0.2, 0.25) is 0 Å². The first-order valence-corrected chi connectivity index (χ1v) is 7.56. The summed E-state index contributed by atoms with van der Waals surface area (Å²) >= 11 is 5.09. The molecule has 1 aliphatic rings. The van der Waals surface area contributed by atoms with Crippen LogP contribution in [0.3, 0.4) is 0 Å². The molecule has 1 aromatic rings. The van der Waals surface area contributed by atoms with Crippen molar-refractivity contribution in [3.8, 4) is 0 Å². The van der Waals surface area contributed by atoms with E-state index in [4.69, 9.17) is 4.74 Å². The van der Waals surface area contributed by atoms with Gasteiger partial charge in [0.1, 0.15) is 0 Å². The first-order chi connectivity index (χ1) is 8.61. The summed E-state index contributed by atoms with van der Waals surface area (Å²) in [5, 5.41) is 11.3. The van der Waals surface area contributed by atoms with E-state index in [1.165, 1.54) is 5.56 Å². The largest absolute Gasteiger partial charge is 0.481 e. The van der Waals surface area contributed by atoms with Crippen molar-refractivity contribution in [2.75, 3.05) is 19.8 Å². The molecule has 1 aliphatic heterocycles. The van der Waals surface area contributed by atoms with Crippen LogP contribution in [0.15, 0.2) is 15.2 Å². The molecule has 0 radical (unpaired) electrons. The van der Waals surface area contributed by atoms with Gasteiger partial charge in [-0.1, -0.05) is 6.92 Å². The molecule has 2 heterocycles. The van der Waals surface area contributed by atoms with E-state index >= 15 is 0 Å². The fourth-order valence-electron chi connectivity index (χ4n) is 2.27. The summed E-state index contributed by atoms with van der Waals surface area (Å²) in [6.07, 6.45) is 0. The molecule has 0 aromatic carbocycles. The number of thiophene rings is 1. The first kappa shape index (κ1) is 14.0. The lowest BCUT2D eigenvalue weighted by atomic mass is 10.0. The predicted octanol–water partition coefficient (Wildman–Crippen LogP) is 2.43. The van der Waals surface area contributed by atoms with Crippen molar-refractivity contribution >= 4 is 33.2 Å². The number of aliphatic carboxylic acids is 1. The lowest BCUT2D eigenvalue weighted by molar-refractivity contribution is -0.143. The SMILES string of the molecule is CCN(Cc1csc(Br)c1)C1COCC1C(=O)O. The molecule has 1 N–H and O–H groups in total. The van der Waals surface area contributed by atoms with Crippen LogP contribution in [0.25, 0.3) is 0 Å². The van der Waals surface area contributed by atoms with Gasteiger partial charge in [-0.3, -0.25) is 9.69 Å². The third-order valence-electron chi connectivity index (χ3n) is 3.25. The predicted molar refractivity (Wildman–Crippen MR) is 73.8 cm³/mol. The highest BCUT2D eigenvalue weighted by atomic mass is 79.9. The average Bonchev–Trinajstić information content (AvgIpc) is 2.94. The molecule has 0 aliphatic carbocycles. The highest BCUT2D eigenvalue weighted by Gasteiger charge is 2.37. The van der Waals surface area contributed by atoms with Crippen LogP contribution >= 0.6 is 27.3 Å². The Morgan fingerprint density at radius 1 is 1.67 bits per heavy atom. The van der Waals surface area contributed by atoms with Crippen LogP contribution in [0.5, 0.6) is 0 Å². The van der Waals surface area contributed by atoms with Crippen molar-refractivity contribution in [2.45, 2.75) is 19.5 Å². The minimum Gasteiger partial charge on any atom is -0.481 e. The zero-order valence-electron chi connectivity index (χ0n) is 10.1. The molecular formula is C12H16BrNO3S. The van der Waals surface area contributed by atoms with Gasteiger partial charge in [0.25, 0.3) is 0 Å². The number of hydrogen-bond donors (Lipinski definition) is 1. The maximum Gasteiger partial charge on any atom is 0.310 e. The number of carboxylic acid groups (broad SMARTS) is 1. The van der Waals surface area contributed by atoms with Gasteiger partial charge in [-0.15, -0.1) is 11.3 Å². The topological polar surface area (TPSA) is 49.8 Å². The van der Waals surface area contributed by atoms with Crippen LogP contribution in [0, 0.1) is 5.92 Å². The Morgan fingerprint density at radius 3 is 3.00 bits per heavy atom. The number of ether oxygens (including phenoxy) is 1. The van der Waals surface area contributed by atoms with E-state index in [2.05, 4.69) is 39.2 Å². The number of carbonyl (C=O) groups is 1. The molecular weight excluding hydrogens is 318 g/mol. The minimum atomic E-state index is -0.762. The zero-order valence-corrected chi connectivity index (χ0v) is 12.5. The normalized spacial score (nSPS) is 23.7. The van der Waals surface area contributed by atoms with Crippen LogP contribution in [-0.4, -0.2) is 41.8 Å². The van der Waals surface area contributed by atoms with Crippen molar-refractivity contribution in [3.05, 3.63) is 20.8 Å². The number of rotatable bonds is 5. The van der Waals surface area contributed by atoms with E-state index < -0.39 is 11.9 Å². The van der Waals surface area contributed by atoms with Crippen molar-refractivity contribution in [3.63, 3.8) is 0 Å². The lowest BCUT2D eigenvalue weighted by Gasteiger charge is -2.28. The third kappa shape index (κ3) is 3.12. The van der Waals surface area contributed by atoms with Crippen LogP contribution < -0.4 is 0 Å². The molecule has 4 nitrogen and oxygen atoms in total. The molecule has 1 aromatic heterocycles.